The Kier molecular flexibility index (Phi) is 7.53. The molecule has 0 aliphatic rings. The molecular weight excluding hydrogens is 752 g/mol. The molecule has 7 rings (SSSR count). The lowest BCUT2D eigenvalue weighted by molar-refractivity contribution is 0.0735. The summed E-state index contributed by atoms with van der Waals surface area (Å²) in [5.74, 6) is 0.0730. The highest BCUT2D eigenvalue weighted by Gasteiger charge is 2.18. The van der Waals surface area contributed by atoms with Crippen LogP contribution in [0.25, 0.3) is 44.1 Å². The number of rotatable bonds is 5. The number of hydrogen-bond acceptors (Lipinski definition) is 5. The highest BCUT2D eigenvalue weighted by atomic mass is 79.9. The van der Waals surface area contributed by atoms with E-state index in [1.54, 1.807) is 48.5 Å². The summed E-state index contributed by atoms with van der Waals surface area (Å²) in [4.78, 5) is 31.0. The van der Waals surface area contributed by atoms with Crippen molar-refractivity contribution >= 4 is 98.0 Å². The first kappa shape index (κ1) is 28.5. The molecule has 0 aliphatic carbocycles. The molecule has 1 heterocycles. The van der Waals surface area contributed by atoms with Crippen LogP contribution in [0.4, 0.5) is 5.69 Å². The van der Waals surface area contributed by atoms with Gasteiger partial charge in [0.2, 0.25) is 5.89 Å². The molecule has 44 heavy (non-hydrogen) atoms. The molecule has 0 saturated heterocycles. The predicted molar refractivity (Wildman–Crippen MR) is 183 cm³/mol. The number of nitrogens with zero attached hydrogens (tertiary/aromatic N) is 1. The zero-order chi connectivity index (χ0) is 30.4. The normalized spacial score (nSPS) is 11.2. The zero-order valence-electron chi connectivity index (χ0n) is 22.6. The number of anilines is 1. The van der Waals surface area contributed by atoms with Gasteiger partial charge in [-0.1, -0.05) is 80.4 Å². The Bertz CT molecular complexity index is 2280. The minimum Gasteiger partial charge on any atom is -0.436 e. The molecule has 0 saturated carbocycles. The Morgan fingerprint density at radius 2 is 1.30 bits per heavy atom. The molecule has 0 bridgehead atoms. The summed E-state index contributed by atoms with van der Waals surface area (Å²) in [6, 6.07) is 33.2. The molecule has 0 atom stereocenters. The van der Waals surface area contributed by atoms with Gasteiger partial charge < -0.3 is 14.5 Å². The molecule has 1 aromatic heterocycles. The number of hydrogen-bond donors (Lipinski definition) is 1. The van der Waals surface area contributed by atoms with Gasteiger partial charge in [0.25, 0.3) is 5.91 Å². The SMILES string of the molecule is O=C(Nc1ccc2oc(-c3ccc(OC(=O)c4cccc5c(Br)cccc45)c(Br)c3)nc2c1)c1cccc2c(Br)cccc12. The lowest BCUT2D eigenvalue weighted by atomic mass is 10.0. The van der Waals surface area contributed by atoms with Crippen LogP contribution in [-0.2, 0) is 0 Å². The predicted octanol–water partition coefficient (Wildman–Crippen LogP) is 10.6. The maximum Gasteiger partial charge on any atom is 0.344 e. The molecule has 0 aliphatic heterocycles. The number of esters is 1. The van der Waals surface area contributed by atoms with Gasteiger partial charge in [0, 0.05) is 25.8 Å². The number of amides is 1. The standard InChI is InChI=1S/C35H19Br3N2O4/c36-27-11-3-5-21-23(27)7-1-9-25(21)33(41)39-20-14-16-32-30(18-20)40-34(43-32)19-13-15-31(29(38)17-19)44-35(42)26-10-2-8-24-22(26)6-4-12-28(24)37/h1-18H,(H,39,41). The number of nitrogens with one attached hydrogen (secondary N) is 1. The van der Waals surface area contributed by atoms with E-state index < -0.39 is 5.97 Å². The smallest absolute Gasteiger partial charge is 0.344 e. The minimum atomic E-state index is -0.463. The van der Waals surface area contributed by atoms with Gasteiger partial charge >= 0.3 is 5.97 Å². The second kappa shape index (κ2) is 11.6. The third-order valence-electron chi connectivity index (χ3n) is 7.23. The fourth-order valence-corrected chi connectivity index (χ4v) is 6.57. The van der Waals surface area contributed by atoms with Crippen molar-refractivity contribution < 1.29 is 18.7 Å². The number of benzene rings is 6. The number of carbonyl (C=O) groups is 2. The van der Waals surface area contributed by atoms with Crippen LogP contribution in [0, 0.1) is 0 Å². The first-order chi connectivity index (χ1) is 21.4. The van der Waals surface area contributed by atoms with E-state index in [0.717, 1.165) is 30.5 Å². The van der Waals surface area contributed by atoms with Crippen molar-refractivity contribution in [2.75, 3.05) is 5.32 Å². The monoisotopic (exact) mass is 768 g/mol. The summed E-state index contributed by atoms with van der Waals surface area (Å²) in [5.41, 5.74) is 3.49. The summed E-state index contributed by atoms with van der Waals surface area (Å²) in [6.07, 6.45) is 0. The van der Waals surface area contributed by atoms with Crippen LogP contribution in [0.2, 0.25) is 0 Å². The van der Waals surface area contributed by atoms with Gasteiger partial charge in [0.05, 0.1) is 10.0 Å². The van der Waals surface area contributed by atoms with Crippen molar-refractivity contribution in [1.29, 1.82) is 0 Å². The molecule has 0 unspecified atom stereocenters. The number of ether oxygens (including phenoxy) is 1. The van der Waals surface area contributed by atoms with Gasteiger partial charge in [-0.25, -0.2) is 9.78 Å². The van der Waals surface area contributed by atoms with Crippen LogP contribution in [0.15, 0.2) is 127 Å². The Balaban J connectivity index is 1.11. The van der Waals surface area contributed by atoms with Crippen LogP contribution >= 0.6 is 47.8 Å². The molecule has 0 radical (unpaired) electrons. The van der Waals surface area contributed by atoms with Crippen LogP contribution in [0.1, 0.15) is 20.7 Å². The number of oxazole rings is 1. The van der Waals surface area contributed by atoms with Crippen molar-refractivity contribution in [3.05, 3.63) is 134 Å². The van der Waals surface area contributed by atoms with Gasteiger partial charge in [-0.3, -0.25) is 4.79 Å². The van der Waals surface area contributed by atoms with E-state index >= 15 is 0 Å². The fourth-order valence-electron chi connectivity index (χ4n) is 5.12. The molecule has 6 aromatic carbocycles. The number of carbonyl (C=O) groups excluding carboxylic acids is 2. The Morgan fingerprint density at radius 1 is 0.659 bits per heavy atom. The lowest BCUT2D eigenvalue weighted by Crippen LogP contribution is -2.12. The largest absolute Gasteiger partial charge is 0.436 e. The van der Waals surface area contributed by atoms with Crippen molar-refractivity contribution in [3.63, 3.8) is 0 Å². The van der Waals surface area contributed by atoms with Crippen molar-refractivity contribution in [1.82, 2.24) is 4.98 Å². The Labute approximate surface area is 276 Å². The van der Waals surface area contributed by atoms with E-state index in [2.05, 4.69) is 58.1 Å². The van der Waals surface area contributed by atoms with E-state index in [0.29, 0.717) is 49.6 Å². The third kappa shape index (κ3) is 5.32. The molecule has 0 spiro atoms. The molecule has 0 fully saturated rings. The average Bonchev–Trinajstić information content (AvgIpc) is 3.45. The third-order valence-corrected chi connectivity index (χ3v) is 9.23. The van der Waals surface area contributed by atoms with Crippen LogP contribution in [-0.4, -0.2) is 16.9 Å². The highest BCUT2D eigenvalue weighted by Crippen LogP contribution is 2.34. The highest BCUT2D eigenvalue weighted by molar-refractivity contribution is 9.11. The first-order valence-electron chi connectivity index (χ1n) is 13.4. The van der Waals surface area contributed by atoms with Crippen molar-refractivity contribution in [2.45, 2.75) is 0 Å². The number of aromatic nitrogens is 1. The van der Waals surface area contributed by atoms with E-state index in [9.17, 15) is 9.59 Å². The molecular formula is C35H19Br3N2O4. The first-order valence-corrected chi connectivity index (χ1v) is 15.8. The van der Waals surface area contributed by atoms with Crippen LogP contribution in [0.3, 0.4) is 0 Å². The van der Waals surface area contributed by atoms with Gasteiger partial charge in [0.1, 0.15) is 11.3 Å². The fraction of sp³-hybridized carbons (Fsp3) is 0. The van der Waals surface area contributed by atoms with E-state index in [1.165, 1.54) is 0 Å². The summed E-state index contributed by atoms with van der Waals surface area (Å²) >= 11 is 10.6. The summed E-state index contributed by atoms with van der Waals surface area (Å²) in [5, 5.41) is 6.52. The Hall–Kier alpha value is -4.31. The van der Waals surface area contributed by atoms with E-state index in [-0.39, 0.29) is 5.91 Å². The second-order valence-electron chi connectivity index (χ2n) is 9.97. The summed E-state index contributed by atoms with van der Waals surface area (Å²) in [6.45, 7) is 0. The van der Waals surface area contributed by atoms with E-state index in [1.807, 2.05) is 60.7 Å². The van der Waals surface area contributed by atoms with Gasteiger partial charge in [-0.2, -0.15) is 0 Å². The zero-order valence-corrected chi connectivity index (χ0v) is 27.4. The van der Waals surface area contributed by atoms with Gasteiger partial charge in [0.15, 0.2) is 5.58 Å². The molecule has 1 N–H and O–H groups in total. The maximum absolute atomic E-state index is 13.2. The number of fused-ring (bicyclic) bond motifs is 3. The maximum atomic E-state index is 13.2. The van der Waals surface area contributed by atoms with Crippen molar-refractivity contribution in [3.8, 4) is 17.2 Å². The molecule has 7 aromatic rings. The molecule has 1 amide bonds. The second-order valence-corrected chi connectivity index (χ2v) is 12.5. The lowest BCUT2D eigenvalue weighted by Gasteiger charge is -2.10. The molecule has 9 heteroatoms. The van der Waals surface area contributed by atoms with Gasteiger partial charge in [-0.05, 0) is 98.1 Å². The van der Waals surface area contributed by atoms with Crippen molar-refractivity contribution in [2.24, 2.45) is 0 Å². The van der Waals surface area contributed by atoms with Gasteiger partial charge in [-0.15, -0.1) is 0 Å². The Morgan fingerprint density at radius 3 is 2.00 bits per heavy atom. The summed E-state index contributed by atoms with van der Waals surface area (Å²) < 4.78 is 14.2. The minimum absolute atomic E-state index is 0.220. The quantitative estimate of drug-likeness (QED) is 0.139. The molecule has 214 valence electrons. The summed E-state index contributed by atoms with van der Waals surface area (Å²) in [7, 11) is 0. The average molecular weight is 771 g/mol. The van der Waals surface area contributed by atoms with E-state index in [4.69, 9.17) is 9.15 Å². The van der Waals surface area contributed by atoms with Crippen LogP contribution < -0.4 is 10.1 Å². The number of halogens is 3. The molecule has 6 nitrogen and oxygen atoms in total. The van der Waals surface area contributed by atoms with Crippen LogP contribution in [0.5, 0.6) is 5.75 Å². The topological polar surface area (TPSA) is 81.4 Å².